The van der Waals surface area contributed by atoms with Crippen LogP contribution in [-0.4, -0.2) is 44.1 Å². The van der Waals surface area contributed by atoms with Crippen molar-refractivity contribution in [3.63, 3.8) is 0 Å². The average molecular weight is 463 g/mol. The Kier molecular flexibility index (Phi) is 5.65. The van der Waals surface area contributed by atoms with Crippen LogP contribution in [0.25, 0.3) is 22.3 Å². The monoisotopic (exact) mass is 462 g/mol. The van der Waals surface area contributed by atoms with Gasteiger partial charge < -0.3 is 9.64 Å². The molecule has 1 aliphatic heterocycles. The number of ether oxygens (including phenoxy) is 1. The number of hydrogen-bond donors (Lipinski definition) is 0. The maximum atomic E-state index is 14.8. The fraction of sp³-hybridized carbons (Fsp3) is 0.320. The number of aryl methyl sites for hydroxylation is 3. The van der Waals surface area contributed by atoms with Crippen molar-refractivity contribution in [3.05, 3.63) is 70.9 Å². The van der Waals surface area contributed by atoms with Gasteiger partial charge in [0.25, 0.3) is 0 Å². The van der Waals surface area contributed by atoms with Gasteiger partial charge in [0, 0.05) is 35.5 Å². The van der Waals surface area contributed by atoms with E-state index in [2.05, 4.69) is 15.0 Å². The van der Waals surface area contributed by atoms with Crippen LogP contribution in [0.3, 0.4) is 0 Å². The number of anilines is 1. The van der Waals surface area contributed by atoms with Gasteiger partial charge in [-0.25, -0.2) is 28.7 Å². The lowest BCUT2D eigenvalue weighted by Crippen LogP contribution is -2.44. The molecule has 3 aromatic heterocycles. The summed E-state index contributed by atoms with van der Waals surface area (Å²) in [4.78, 5) is 24.8. The molecule has 4 aromatic rings. The number of aromatic nitrogens is 5. The molecule has 2 atom stereocenters. The van der Waals surface area contributed by atoms with E-state index in [0.29, 0.717) is 41.6 Å². The zero-order valence-electron chi connectivity index (χ0n) is 19.4. The number of rotatable bonds is 3. The summed E-state index contributed by atoms with van der Waals surface area (Å²) in [5, 5.41) is 0.613. The van der Waals surface area contributed by atoms with E-state index in [1.807, 2.05) is 44.7 Å². The Morgan fingerprint density at radius 3 is 2.56 bits per heavy atom. The van der Waals surface area contributed by atoms with Crippen LogP contribution in [0.15, 0.2) is 36.5 Å². The summed E-state index contributed by atoms with van der Waals surface area (Å²) >= 11 is 0. The minimum Gasteiger partial charge on any atom is -0.365 e. The molecule has 0 amide bonds. The highest BCUT2D eigenvalue weighted by atomic mass is 19.1. The van der Waals surface area contributed by atoms with Gasteiger partial charge in [0.2, 0.25) is 5.95 Å². The highest BCUT2D eigenvalue weighted by Gasteiger charge is 2.30. The van der Waals surface area contributed by atoms with E-state index in [1.54, 1.807) is 6.20 Å². The molecule has 174 valence electrons. The van der Waals surface area contributed by atoms with Crippen LogP contribution in [0.5, 0.6) is 0 Å². The third-order valence-corrected chi connectivity index (χ3v) is 5.98. The summed E-state index contributed by atoms with van der Waals surface area (Å²) in [5.74, 6) is -0.256. The first-order chi connectivity index (χ1) is 16.3. The van der Waals surface area contributed by atoms with Crippen LogP contribution in [0.2, 0.25) is 0 Å². The lowest BCUT2D eigenvalue weighted by molar-refractivity contribution is -0.0201. The summed E-state index contributed by atoms with van der Waals surface area (Å²) in [6, 6.07) is 7.22. The van der Waals surface area contributed by atoms with Crippen LogP contribution in [0.4, 0.5) is 14.7 Å². The van der Waals surface area contributed by atoms with Crippen molar-refractivity contribution < 1.29 is 13.5 Å². The van der Waals surface area contributed by atoms with Gasteiger partial charge in [-0.1, -0.05) is 0 Å². The second-order valence-corrected chi connectivity index (χ2v) is 8.63. The summed E-state index contributed by atoms with van der Waals surface area (Å²) in [6.45, 7) is 8.64. The fourth-order valence-electron chi connectivity index (χ4n) is 4.19. The molecule has 0 unspecified atom stereocenters. The summed E-state index contributed by atoms with van der Waals surface area (Å²) < 4.78 is 34.6. The summed E-state index contributed by atoms with van der Waals surface area (Å²) in [6.07, 6.45) is 1.29. The lowest BCUT2D eigenvalue weighted by Gasteiger charge is -2.36. The molecule has 1 fully saturated rings. The molecule has 34 heavy (non-hydrogen) atoms. The Morgan fingerprint density at radius 2 is 1.79 bits per heavy atom. The van der Waals surface area contributed by atoms with E-state index in [4.69, 9.17) is 14.7 Å². The standard InChI is InChI=1S/C25H24F2N6O/c1-13-9-19-23(18-6-5-17(26)10-20(18)27)31-25(32-24(19)29-15(13)3)33-11-14(2)34-22(12-33)21-7-8-28-16(4)30-21/h5-10,14,22H,11-12H2,1-4H3/t14-,22-/m0/s1. The van der Waals surface area contributed by atoms with E-state index in [0.717, 1.165) is 23.0 Å². The number of benzene rings is 1. The van der Waals surface area contributed by atoms with Crippen LogP contribution in [-0.2, 0) is 4.74 Å². The van der Waals surface area contributed by atoms with Gasteiger partial charge in [-0.2, -0.15) is 4.98 Å². The first-order valence-electron chi connectivity index (χ1n) is 11.1. The molecule has 0 N–H and O–H groups in total. The average Bonchev–Trinajstić information content (AvgIpc) is 2.79. The molecule has 0 aliphatic carbocycles. The first kappa shape index (κ1) is 22.2. The maximum absolute atomic E-state index is 14.8. The van der Waals surface area contributed by atoms with Crippen molar-refractivity contribution in [1.82, 2.24) is 24.9 Å². The van der Waals surface area contributed by atoms with Crippen molar-refractivity contribution in [2.75, 3.05) is 18.0 Å². The number of nitrogens with zero attached hydrogens (tertiary/aromatic N) is 6. The Labute approximate surface area is 195 Å². The van der Waals surface area contributed by atoms with Crippen molar-refractivity contribution >= 4 is 17.0 Å². The number of fused-ring (bicyclic) bond motifs is 1. The van der Waals surface area contributed by atoms with Crippen molar-refractivity contribution in [2.45, 2.75) is 39.9 Å². The van der Waals surface area contributed by atoms with E-state index in [9.17, 15) is 8.78 Å². The Morgan fingerprint density at radius 1 is 0.971 bits per heavy atom. The topological polar surface area (TPSA) is 76.9 Å². The van der Waals surface area contributed by atoms with Crippen molar-refractivity contribution in [1.29, 1.82) is 0 Å². The third kappa shape index (κ3) is 4.19. The molecule has 0 bridgehead atoms. The molecule has 0 radical (unpaired) electrons. The molecule has 9 heteroatoms. The van der Waals surface area contributed by atoms with Gasteiger partial charge in [-0.3, -0.25) is 0 Å². The highest BCUT2D eigenvalue weighted by Crippen LogP contribution is 2.33. The second kappa shape index (κ2) is 8.64. The van der Waals surface area contributed by atoms with Gasteiger partial charge in [0.15, 0.2) is 5.65 Å². The van der Waals surface area contributed by atoms with Gasteiger partial charge in [0.05, 0.1) is 24.0 Å². The molecular formula is C25H24F2N6O. The molecule has 0 spiro atoms. The smallest absolute Gasteiger partial charge is 0.228 e. The van der Waals surface area contributed by atoms with Crippen LogP contribution in [0.1, 0.15) is 35.8 Å². The van der Waals surface area contributed by atoms with E-state index in [1.165, 1.54) is 12.1 Å². The summed E-state index contributed by atoms with van der Waals surface area (Å²) in [7, 11) is 0. The largest absolute Gasteiger partial charge is 0.365 e. The molecule has 4 heterocycles. The number of morpholine rings is 1. The van der Waals surface area contributed by atoms with Gasteiger partial charge in [-0.15, -0.1) is 0 Å². The molecule has 1 aliphatic rings. The van der Waals surface area contributed by atoms with Crippen LogP contribution in [0, 0.1) is 32.4 Å². The molecule has 1 saturated heterocycles. The van der Waals surface area contributed by atoms with Crippen LogP contribution < -0.4 is 4.90 Å². The number of pyridine rings is 1. The Bertz CT molecular complexity index is 1400. The predicted molar refractivity (Wildman–Crippen MR) is 124 cm³/mol. The van der Waals surface area contributed by atoms with Crippen molar-refractivity contribution in [3.8, 4) is 11.3 Å². The van der Waals surface area contributed by atoms with Gasteiger partial charge in [-0.05, 0) is 57.5 Å². The predicted octanol–water partition coefficient (Wildman–Crippen LogP) is 4.65. The minimum atomic E-state index is -0.686. The Hall–Kier alpha value is -3.59. The zero-order chi connectivity index (χ0) is 24.0. The molecule has 5 rings (SSSR count). The van der Waals surface area contributed by atoms with E-state index in [-0.39, 0.29) is 17.8 Å². The van der Waals surface area contributed by atoms with E-state index < -0.39 is 11.6 Å². The fourth-order valence-corrected chi connectivity index (χ4v) is 4.19. The zero-order valence-corrected chi connectivity index (χ0v) is 19.4. The number of hydrogen-bond acceptors (Lipinski definition) is 7. The quantitative estimate of drug-likeness (QED) is 0.439. The third-order valence-electron chi connectivity index (χ3n) is 5.98. The maximum Gasteiger partial charge on any atom is 0.228 e. The second-order valence-electron chi connectivity index (χ2n) is 8.63. The van der Waals surface area contributed by atoms with Crippen LogP contribution >= 0.6 is 0 Å². The molecule has 1 aromatic carbocycles. The summed E-state index contributed by atoms with van der Waals surface area (Å²) in [5.41, 5.74) is 3.57. The van der Waals surface area contributed by atoms with Gasteiger partial charge >= 0.3 is 0 Å². The number of halogens is 2. The normalized spacial score (nSPS) is 18.5. The Balaban J connectivity index is 1.64. The minimum absolute atomic E-state index is 0.118. The first-order valence-corrected chi connectivity index (χ1v) is 11.1. The van der Waals surface area contributed by atoms with E-state index >= 15 is 0 Å². The molecular weight excluding hydrogens is 438 g/mol. The lowest BCUT2D eigenvalue weighted by atomic mass is 10.1. The van der Waals surface area contributed by atoms with Crippen molar-refractivity contribution in [2.24, 2.45) is 0 Å². The van der Waals surface area contributed by atoms with Gasteiger partial charge in [0.1, 0.15) is 23.6 Å². The highest BCUT2D eigenvalue weighted by molar-refractivity contribution is 5.92. The molecule has 7 nitrogen and oxygen atoms in total. The molecule has 0 saturated carbocycles. The SMILES string of the molecule is Cc1nccc([C@@H]2CN(c3nc(-c4ccc(F)cc4F)c4cc(C)c(C)nc4n3)C[C@H](C)O2)n1.